The molecule has 0 bridgehead atoms. The average molecular weight is 629 g/mol. The van der Waals surface area contributed by atoms with Crippen LogP contribution in [0.4, 0.5) is 21.5 Å². The molecule has 1 aromatic heterocycles. The minimum absolute atomic E-state index is 0.0819. The predicted molar refractivity (Wildman–Crippen MR) is 181 cm³/mol. The average Bonchev–Trinajstić information content (AvgIpc) is 3.43. The third-order valence-electron chi connectivity index (χ3n) is 7.77. The lowest BCUT2D eigenvalue weighted by Gasteiger charge is -2.16. The predicted octanol–water partition coefficient (Wildman–Crippen LogP) is 6.15. The summed E-state index contributed by atoms with van der Waals surface area (Å²) in [4.78, 5) is 53.1. The molecule has 6 rings (SSSR count). The van der Waals surface area contributed by atoms with Crippen LogP contribution in [0.25, 0.3) is 32.9 Å². The van der Waals surface area contributed by atoms with E-state index in [4.69, 9.17) is 11.5 Å². The second kappa shape index (κ2) is 12.6. The van der Waals surface area contributed by atoms with Gasteiger partial charge in [0.25, 0.3) is 17.7 Å². The molecule has 8 N–H and O–H groups in total. The van der Waals surface area contributed by atoms with Crippen molar-refractivity contribution in [3.05, 3.63) is 125 Å². The number of anilines is 3. The van der Waals surface area contributed by atoms with Gasteiger partial charge in [0.1, 0.15) is 5.82 Å². The number of halogens is 1. The lowest BCUT2D eigenvalue weighted by molar-refractivity contribution is -0.114. The summed E-state index contributed by atoms with van der Waals surface area (Å²) in [5, 5.41) is 9.90. The van der Waals surface area contributed by atoms with Crippen molar-refractivity contribution in [1.82, 2.24) is 4.98 Å². The number of hydrogen-bond donors (Lipinski definition) is 6. The fourth-order valence-electron chi connectivity index (χ4n) is 5.60. The topological polar surface area (TPSA) is 172 Å². The van der Waals surface area contributed by atoms with Gasteiger partial charge in [0.15, 0.2) is 0 Å². The Morgan fingerprint density at radius 2 is 1.40 bits per heavy atom. The molecular weight excluding hydrogens is 599 g/mol. The van der Waals surface area contributed by atoms with E-state index in [1.807, 2.05) is 12.1 Å². The molecule has 0 atom stereocenters. The normalized spacial score (nSPS) is 11.0. The molecule has 234 valence electrons. The molecule has 0 aliphatic carbocycles. The van der Waals surface area contributed by atoms with Crippen LogP contribution in [0.5, 0.6) is 0 Å². The van der Waals surface area contributed by atoms with Gasteiger partial charge in [-0.15, -0.1) is 0 Å². The summed E-state index contributed by atoms with van der Waals surface area (Å²) in [6.45, 7) is 1.49. The van der Waals surface area contributed by atoms with Crippen molar-refractivity contribution in [3.8, 4) is 11.1 Å². The Morgan fingerprint density at radius 3 is 2.06 bits per heavy atom. The molecule has 4 amide bonds. The van der Waals surface area contributed by atoms with Crippen LogP contribution in [0.3, 0.4) is 0 Å². The van der Waals surface area contributed by atoms with Crippen molar-refractivity contribution in [1.29, 1.82) is 0 Å². The SMILES string of the molecule is CC(=O)Nc1ccc(C(=O)Nc2ccc3c(c2)[nH]c2c(C(N)=O)ccc(-c4cccc(NC(=O)c5ccc(F)cc5)c4CN)c23)cc1. The van der Waals surface area contributed by atoms with Crippen LogP contribution in [0.1, 0.15) is 43.6 Å². The molecule has 0 unspecified atom stereocenters. The number of benzene rings is 5. The van der Waals surface area contributed by atoms with Crippen molar-refractivity contribution < 1.29 is 23.6 Å². The second-order valence-corrected chi connectivity index (χ2v) is 10.9. The lowest BCUT2D eigenvalue weighted by atomic mass is 9.92. The Balaban J connectivity index is 1.39. The van der Waals surface area contributed by atoms with Crippen LogP contribution >= 0.6 is 0 Å². The molecular formula is C36H29FN6O4. The molecule has 47 heavy (non-hydrogen) atoms. The number of nitrogens with two attached hydrogens (primary N) is 2. The summed E-state index contributed by atoms with van der Waals surface area (Å²) in [5.74, 6) is -2.05. The highest BCUT2D eigenvalue weighted by atomic mass is 19.1. The Labute approximate surface area is 268 Å². The zero-order valence-corrected chi connectivity index (χ0v) is 25.1. The monoisotopic (exact) mass is 628 g/mol. The second-order valence-electron chi connectivity index (χ2n) is 10.9. The van der Waals surface area contributed by atoms with E-state index >= 15 is 0 Å². The largest absolute Gasteiger partial charge is 0.366 e. The first-order valence-electron chi connectivity index (χ1n) is 14.6. The van der Waals surface area contributed by atoms with E-state index in [0.29, 0.717) is 44.6 Å². The number of carbonyl (C=O) groups excluding carboxylic acids is 4. The lowest BCUT2D eigenvalue weighted by Crippen LogP contribution is -2.15. The van der Waals surface area contributed by atoms with Gasteiger partial charge in [-0.05, 0) is 89.5 Å². The zero-order chi connectivity index (χ0) is 33.2. The number of aromatic nitrogens is 1. The number of carbonyl (C=O) groups is 4. The molecule has 11 heteroatoms. The zero-order valence-electron chi connectivity index (χ0n) is 25.1. The number of H-pyrrole nitrogens is 1. The maximum Gasteiger partial charge on any atom is 0.255 e. The molecule has 0 radical (unpaired) electrons. The van der Waals surface area contributed by atoms with Crippen molar-refractivity contribution >= 4 is 62.5 Å². The van der Waals surface area contributed by atoms with Gasteiger partial charge in [-0.1, -0.05) is 24.3 Å². The van der Waals surface area contributed by atoms with Crippen LogP contribution in [0.15, 0.2) is 97.1 Å². The maximum absolute atomic E-state index is 13.4. The highest BCUT2D eigenvalue weighted by Gasteiger charge is 2.20. The van der Waals surface area contributed by atoms with E-state index in [1.165, 1.54) is 31.2 Å². The van der Waals surface area contributed by atoms with E-state index in [-0.39, 0.29) is 29.5 Å². The van der Waals surface area contributed by atoms with Crippen LogP contribution in [0.2, 0.25) is 0 Å². The van der Waals surface area contributed by atoms with Crippen LogP contribution < -0.4 is 27.4 Å². The van der Waals surface area contributed by atoms with E-state index < -0.39 is 17.6 Å². The van der Waals surface area contributed by atoms with Gasteiger partial charge in [0.05, 0.1) is 11.1 Å². The summed E-state index contributed by atoms with van der Waals surface area (Å²) in [5.41, 5.74) is 17.8. The van der Waals surface area contributed by atoms with E-state index in [9.17, 15) is 23.6 Å². The van der Waals surface area contributed by atoms with Gasteiger partial charge < -0.3 is 32.4 Å². The van der Waals surface area contributed by atoms with Gasteiger partial charge in [-0.2, -0.15) is 0 Å². The summed E-state index contributed by atoms with van der Waals surface area (Å²) >= 11 is 0. The maximum atomic E-state index is 13.4. The fraction of sp³-hybridized carbons (Fsp3) is 0.0556. The van der Waals surface area contributed by atoms with Crippen molar-refractivity contribution in [3.63, 3.8) is 0 Å². The Kier molecular flexibility index (Phi) is 8.21. The molecule has 0 fully saturated rings. The van der Waals surface area contributed by atoms with Gasteiger partial charge in [-0.25, -0.2) is 4.39 Å². The summed E-state index contributed by atoms with van der Waals surface area (Å²) in [6.07, 6.45) is 0. The summed E-state index contributed by atoms with van der Waals surface area (Å²) < 4.78 is 13.4. The molecule has 0 spiro atoms. The van der Waals surface area contributed by atoms with E-state index in [2.05, 4.69) is 20.9 Å². The molecule has 10 nitrogen and oxygen atoms in total. The minimum Gasteiger partial charge on any atom is -0.366 e. The van der Waals surface area contributed by atoms with Gasteiger partial charge in [0.2, 0.25) is 5.91 Å². The highest BCUT2D eigenvalue weighted by molar-refractivity contribution is 6.21. The summed E-state index contributed by atoms with van der Waals surface area (Å²) in [6, 6.07) is 25.9. The van der Waals surface area contributed by atoms with Crippen LogP contribution in [0, 0.1) is 5.82 Å². The molecule has 0 saturated heterocycles. The molecule has 0 aliphatic heterocycles. The van der Waals surface area contributed by atoms with Crippen molar-refractivity contribution in [2.75, 3.05) is 16.0 Å². The smallest absolute Gasteiger partial charge is 0.255 e. The number of amides is 4. The van der Waals surface area contributed by atoms with Gasteiger partial charge >= 0.3 is 0 Å². The quantitative estimate of drug-likeness (QED) is 0.119. The number of primary amides is 1. The van der Waals surface area contributed by atoms with Crippen molar-refractivity contribution in [2.24, 2.45) is 11.5 Å². The number of nitrogens with one attached hydrogen (secondary N) is 4. The highest BCUT2D eigenvalue weighted by Crippen LogP contribution is 2.40. The Morgan fingerprint density at radius 1 is 0.745 bits per heavy atom. The molecule has 6 aromatic rings. The standard InChI is InChI=1S/C36H29FN6O4/c1-19(44)40-23-11-7-21(8-12-23)35(46)41-24-13-14-27-31(17-24)42-33-28(34(39)45)16-15-26(32(27)33)25-3-2-4-30(29(25)18-38)43-36(47)20-5-9-22(37)10-6-20/h2-17,42H,18,38H2,1H3,(H2,39,45)(H,40,44)(H,41,46)(H,43,47). The first-order chi connectivity index (χ1) is 22.6. The first kappa shape index (κ1) is 30.7. The van der Waals surface area contributed by atoms with Crippen LogP contribution in [-0.4, -0.2) is 28.6 Å². The molecule has 0 saturated carbocycles. The molecule has 5 aromatic carbocycles. The van der Waals surface area contributed by atoms with E-state index in [1.54, 1.807) is 60.7 Å². The summed E-state index contributed by atoms with van der Waals surface area (Å²) in [7, 11) is 0. The third kappa shape index (κ3) is 6.15. The number of fused-ring (bicyclic) bond motifs is 3. The molecule has 1 heterocycles. The fourth-order valence-corrected chi connectivity index (χ4v) is 5.60. The number of aromatic amines is 1. The Hall–Kier alpha value is -6.33. The van der Waals surface area contributed by atoms with E-state index in [0.717, 1.165) is 16.5 Å². The third-order valence-corrected chi connectivity index (χ3v) is 7.77. The van der Waals surface area contributed by atoms with Gasteiger partial charge in [0, 0.05) is 57.9 Å². The number of rotatable bonds is 8. The minimum atomic E-state index is -0.622. The Bertz CT molecular complexity index is 2210. The molecule has 0 aliphatic rings. The number of hydrogen-bond acceptors (Lipinski definition) is 5. The first-order valence-corrected chi connectivity index (χ1v) is 14.6. The van der Waals surface area contributed by atoms with Gasteiger partial charge in [-0.3, -0.25) is 19.2 Å². The van der Waals surface area contributed by atoms with Crippen LogP contribution in [-0.2, 0) is 11.3 Å². The van der Waals surface area contributed by atoms with Crippen molar-refractivity contribution in [2.45, 2.75) is 13.5 Å².